The molecule has 0 bridgehead atoms. The summed E-state index contributed by atoms with van der Waals surface area (Å²) in [4.78, 5) is 60.7. The van der Waals surface area contributed by atoms with Crippen molar-refractivity contribution in [1.29, 1.82) is 0 Å². The highest BCUT2D eigenvalue weighted by atomic mass is 32.2. The first-order chi connectivity index (χ1) is 18.2. The van der Waals surface area contributed by atoms with Crippen LogP contribution in [0.3, 0.4) is 0 Å². The van der Waals surface area contributed by atoms with Crippen LogP contribution in [0.4, 0.5) is 11.4 Å². The summed E-state index contributed by atoms with van der Waals surface area (Å²) in [5, 5.41) is 29.1. The van der Waals surface area contributed by atoms with E-state index in [0.717, 1.165) is 18.2 Å². The second-order valence-electron chi connectivity index (χ2n) is 7.95. The van der Waals surface area contributed by atoms with Crippen LogP contribution >= 0.6 is 11.8 Å². The van der Waals surface area contributed by atoms with Gasteiger partial charge in [0.25, 0.3) is 11.8 Å². The number of thioether (sulfide) groups is 1. The number of rotatable bonds is 8. The number of nitrogens with zero attached hydrogens (tertiary/aromatic N) is 2. The molecule has 1 aliphatic heterocycles. The van der Waals surface area contributed by atoms with Gasteiger partial charge in [0.2, 0.25) is 5.91 Å². The number of carboxylic acids is 2. The minimum atomic E-state index is -1.44. The zero-order chi connectivity index (χ0) is 27.2. The normalized spacial score (nSPS) is 12.6. The summed E-state index contributed by atoms with van der Waals surface area (Å²) in [7, 11) is 0. The van der Waals surface area contributed by atoms with E-state index in [1.54, 1.807) is 48.5 Å². The first-order valence-electron chi connectivity index (χ1n) is 11.1. The first kappa shape index (κ1) is 26.1. The number of amides is 3. The van der Waals surface area contributed by atoms with E-state index in [1.807, 2.05) is 6.07 Å². The molecule has 12 heteroatoms. The van der Waals surface area contributed by atoms with Gasteiger partial charge < -0.3 is 20.8 Å². The van der Waals surface area contributed by atoms with Gasteiger partial charge in [0, 0.05) is 10.6 Å². The van der Waals surface area contributed by atoms with Crippen molar-refractivity contribution in [3.63, 3.8) is 0 Å². The minimum Gasteiger partial charge on any atom is -0.478 e. The molecule has 192 valence electrons. The van der Waals surface area contributed by atoms with Gasteiger partial charge in [0.05, 0.1) is 34.6 Å². The number of aromatic carboxylic acids is 2. The van der Waals surface area contributed by atoms with E-state index in [2.05, 4.69) is 15.7 Å². The molecule has 0 unspecified atom stereocenters. The molecule has 0 radical (unpaired) electrons. The smallest absolute Gasteiger partial charge is 0.336 e. The second kappa shape index (κ2) is 11.4. The fourth-order valence-corrected chi connectivity index (χ4v) is 4.29. The highest BCUT2D eigenvalue weighted by molar-refractivity contribution is 8.00. The Hall–Kier alpha value is -4.97. The standard InChI is InChI=1S/C26H20N4O7S/c31-22(28-21-13-23(32)30(29-21)17-6-2-1-3-7-17)14-38-18-8-4-5-16(12-18)27-24(33)19-10-9-15(25(34)35)11-20(19)26(36)37/h1-12H,13-14H2,(H,27,33)(H,34,35)(H,36,37)(H,28,29,31). The van der Waals surface area contributed by atoms with Gasteiger partial charge in [0.15, 0.2) is 0 Å². The molecule has 0 aliphatic carbocycles. The van der Waals surface area contributed by atoms with Crippen LogP contribution in [0.1, 0.15) is 37.5 Å². The molecule has 4 N–H and O–H groups in total. The third-order valence-electron chi connectivity index (χ3n) is 5.26. The molecular weight excluding hydrogens is 512 g/mol. The molecule has 0 fully saturated rings. The Balaban J connectivity index is 1.36. The summed E-state index contributed by atoms with van der Waals surface area (Å²) in [6, 6.07) is 18.6. The van der Waals surface area contributed by atoms with Gasteiger partial charge in [-0.25, -0.2) is 9.59 Å². The summed E-state index contributed by atoms with van der Waals surface area (Å²) in [6.07, 6.45) is -0.0292. The fraction of sp³-hybridized carbons (Fsp3) is 0.0769. The van der Waals surface area contributed by atoms with Crippen molar-refractivity contribution in [2.24, 2.45) is 5.10 Å². The molecule has 38 heavy (non-hydrogen) atoms. The zero-order valence-electron chi connectivity index (χ0n) is 19.6. The van der Waals surface area contributed by atoms with E-state index in [0.29, 0.717) is 16.3 Å². The Morgan fingerprint density at radius 2 is 1.63 bits per heavy atom. The predicted octanol–water partition coefficient (Wildman–Crippen LogP) is 3.29. The van der Waals surface area contributed by atoms with Crippen molar-refractivity contribution in [2.75, 3.05) is 16.1 Å². The summed E-state index contributed by atoms with van der Waals surface area (Å²) < 4.78 is 0. The van der Waals surface area contributed by atoms with Crippen molar-refractivity contribution in [1.82, 2.24) is 5.32 Å². The maximum atomic E-state index is 12.7. The number of anilines is 2. The maximum Gasteiger partial charge on any atom is 0.336 e. The minimum absolute atomic E-state index is 0.00968. The SMILES string of the molecule is O=C(CSc1cccc(NC(=O)c2ccc(C(=O)O)cc2C(=O)O)c1)NC1=NN(c2ccccc2)C(=O)C1. The van der Waals surface area contributed by atoms with Crippen LogP contribution in [0, 0.1) is 0 Å². The number of carboxylic acid groups (broad SMARTS) is 2. The molecule has 0 spiro atoms. The third kappa shape index (κ3) is 6.23. The quantitative estimate of drug-likeness (QED) is 0.321. The monoisotopic (exact) mass is 532 g/mol. The molecule has 1 heterocycles. The average Bonchev–Trinajstić information content (AvgIpc) is 3.27. The lowest BCUT2D eigenvalue weighted by molar-refractivity contribution is -0.117. The van der Waals surface area contributed by atoms with Crippen LogP contribution in [0.15, 0.2) is 82.8 Å². The van der Waals surface area contributed by atoms with Crippen LogP contribution in [-0.2, 0) is 9.59 Å². The Kier molecular flexibility index (Phi) is 7.83. The average molecular weight is 533 g/mol. The Bertz CT molecular complexity index is 1470. The highest BCUT2D eigenvalue weighted by Gasteiger charge is 2.26. The number of carbonyl (C=O) groups is 5. The van der Waals surface area contributed by atoms with E-state index >= 15 is 0 Å². The molecule has 1 aliphatic rings. The number of nitrogens with one attached hydrogen (secondary N) is 2. The topological polar surface area (TPSA) is 165 Å². The lowest BCUT2D eigenvalue weighted by atomic mass is 10.0. The number of hydrazone groups is 1. The van der Waals surface area contributed by atoms with Crippen molar-refractivity contribution in [2.45, 2.75) is 11.3 Å². The van der Waals surface area contributed by atoms with E-state index in [1.165, 1.54) is 16.8 Å². The van der Waals surface area contributed by atoms with E-state index in [4.69, 9.17) is 5.11 Å². The van der Waals surface area contributed by atoms with Crippen LogP contribution in [-0.4, -0.2) is 51.5 Å². The van der Waals surface area contributed by atoms with E-state index in [-0.39, 0.29) is 41.0 Å². The molecule has 3 amide bonds. The van der Waals surface area contributed by atoms with Crippen molar-refractivity contribution < 1.29 is 34.2 Å². The Labute approximate surface area is 220 Å². The van der Waals surface area contributed by atoms with Gasteiger partial charge in [-0.3, -0.25) is 14.4 Å². The largest absolute Gasteiger partial charge is 0.478 e. The van der Waals surface area contributed by atoms with Crippen LogP contribution in [0.25, 0.3) is 0 Å². The second-order valence-corrected chi connectivity index (χ2v) is 9.00. The highest BCUT2D eigenvalue weighted by Crippen LogP contribution is 2.23. The number of amidine groups is 1. The molecule has 3 aromatic rings. The van der Waals surface area contributed by atoms with Crippen molar-refractivity contribution >= 4 is 58.6 Å². The summed E-state index contributed by atoms with van der Waals surface area (Å²) in [5.41, 5.74) is 0.0584. The molecule has 11 nitrogen and oxygen atoms in total. The third-order valence-corrected chi connectivity index (χ3v) is 6.26. The number of para-hydroxylation sites is 1. The Morgan fingerprint density at radius 3 is 2.34 bits per heavy atom. The van der Waals surface area contributed by atoms with Gasteiger partial charge in [0.1, 0.15) is 5.84 Å². The summed E-state index contributed by atoms with van der Waals surface area (Å²) >= 11 is 1.18. The van der Waals surface area contributed by atoms with Crippen LogP contribution < -0.4 is 15.6 Å². The molecule has 3 aromatic carbocycles. The summed E-state index contributed by atoms with van der Waals surface area (Å²) in [6.45, 7) is 0. The van der Waals surface area contributed by atoms with E-state index < -0.39 is 23.4 Å². The number of carbonyl (C=O) groups excluding carboxylic acids is 3. The van der Waals surface area contributed by atoms with Crippen LogP contribution in [0.5, 0.6) is 0 Å². The van der Waals surface area contributed by atoms with Gasteiger partial charge in [-0.15, -0.1) is 11.8 Å². The van der Waals surface area contributed by atoms with Gasteiger partial charge in [-0.05, 0) is 48.5 Å². The predicted molar refractivity (Wildman–Crippen MR) is 140 cm³/mol. The molecular formula is C26H20N4O7S. The van der Waals surface area contributed by atoms with Crippen molar-refractivity contribution in [3.8, 4) is 0 Å². The molecule has 0 saturated heterocycles. The first-order valence-corrected chi connectivity index (χ1v) is 12.1. The van der Waals surface area contributed by atoms with E-state index in [9.17, 15) is 29.1 Å². The summed E-state index contributed by atoms with van der Waals surface area (Å²) in [5.74, 6) is -3.85. The van der Waals surface area contributed by atoms with Gasteiger partial charge >= 0.3 is 11.9 Å². The zero-order valence-corrected chi connectivity index (χ0v) is 20.4. The number of benzene rings is 3. The van der Waals surface area contributed by atoms with Gasteiger partial charge in [-0.2, -0.15) is 10.1 Å². The maximum absolute atomic E-state index is 12.7. The van der Waals surface area contributed by atoms with Crippen molar-refractivity contribution in [3.05, 3.63) is 89.5 Å². The molecule has 0 atom stereocenters. The molecule has 0 saturated carbocycles. The molecule has 0 aromatic heterocycles. The molecule has 4 rings (SSSR count). The van der Waals surface area contributed by atoms with Crippen LogP contribution in [0.2, 0.25) is 0 Å². The van der Waals surface area contributed by atoms with Gasteiger partial charge in [-0.1, -0.05) is 24.3 Å². The lowest BCUT2D eigenvalue weighted by Crippen LogP contribution is -2.31. The Morgan fingerprint density at radius 1 is 0.868 bits per heavy atom. The number of hydrogen-bond donors (Lipinski definition) is 4. The lowest BCUT2D eigenvalue weighted by Gasteiger charge is -2.10. The fourth-order valence-electron chi connectivity index (χ4n) is 3.53. The number of hydrogen-bond acceptors (Lipinski definition) is 7.